The highest BCUT2D eigenvalue weighted by atomic mass is 15.0. The summed E-state index contributed by atoms with van der Waals surface area (Å²) < 4.78 is 4.78. The molecule has 0 spiro atoms. The zero-order valence-corrected chi connectivity index (χ0v) is 40.5. The van der Waals surface area contributed by atoms with Crippen molar-refractivity contribution in [1.29, 1.82) is 0 Å². The molecule has 0 atom stereocenters. The molecule has 0 N–H and O–H groups in total. The van der Waals surface area contributed by atoms with Crippen LogP contribution in [-0.2, 0) is 0 Å². The van der Waals surface area contributed by atoms with Crippen LogP contribution in [0.3, 0.4) is 0 Å². The Morgan fingerprint density at radius 3 is 1.29 bits per heavy atom. The molecule has 0 fully saturated rings. The van der Waals surface area contributed by atoms with E-state index in [2.05, 4.69) is 188 Å². The lowest BCUT2D eigenvalue weighted by Gasteiger charge is -2.17. The summed E-state index contributed by atoms with van der Waals surface area (Å²) in [6, 6.07) is 76.0. The van der Waals surface area contributed by atoms with Crippen LogP contribution >= 0.6 is 0 Å². The summed E-state index contributed by atoms with van der Waals surface area (Å²) in [5, 5.41) is 4.76. The van der Waals surface area contributed by atoms with Crippen LogP contribution < -0.4 is 0 Å². The summed E-state index contributed by atoms with van der Waals surface area (Å²) in [4.78, 5) is 20.6. The van der Waals surface area contributed by atoms with Crippen molar-refractivity contribution in [2.45, 2.75) is 27.7 Å². The molecule has 0 unspecified atom stereocenters. The van der Waals surface area contributed by atoms with Crippen LogP contribution in [-0.4, -0.2) is 29.1 Å². The number of aromatic nitrogens is 6. The predicted octanol–water partition coefficient (Wildman–Crippen LogP) is 16.7. The molecule has 0 aliphatic rings. The Morgan fingerprint density at radius 2 is 0.750 bits per heavy atom. The fraction of sp³-hybridized carbons (Fsp3) is 0.0606. The smallest absolute Gasteiger partial charge is 0.164 e. The van der Waals surface area contributed by atoms with Crippen molar-refractivity contribution in [3.63, 3.8) is 0 Å². The van der Waals surface area contributed by atoms with E-state index in [1.54, 1.807) is 0 Å². The summed E-state index contributed by atoms with van der Waals surface area (Å²) in [5.41, 5.74) is 20.8. The normalized spacial score (nSPS) is 11.6. The number of pyridine rings is 1. The van der Waals surface area contributed by atoms with Crippen LogP contribution in [0.2, 0.25) is 0 Å². The number of rotatable bonds is 8. The number of hydrogen-bond donors (Lipinski definition) is 0. The second-order valence-corrected chi connectivity index (χ2v) is 19.1. The third-order valence-electron chi connectivity index (χ3n) is 13.9. The van der Waals surface area contributed by atoms with Crippen LogP contribution in [0.1, 0.15) is 22.3 Å². The number of aryl methyl sites for hydroxylation is 4. The topological polar surface area (TPSA) is 61.4 Å². The number of nitrogens with zero attached hydrogens (tertiary/aromatic N) is 6. The molecule has 13 rings (SSSR count). The third-order valence-corrected chi connectivity index (χ3v) is 13.9. The van der Waals surface area contributed by atoms with Gasteiger partial charge in [0, 0.05) is 55.7 Å². The minimum absolute atomic E-state index is 0.578. The highest BCUT2D eigenvalue weighted by Gasteiger charge is 2.22. The Balaban J connectivity index is 1.04. The van der Waals surface area contributed by atoms with Gasteiger partial charge in [-0.05, 0) is 117 Å². The first-order valence-corrected chi connectivity index (χ1v) is 24.5. The monoisotopic (exact) mass is 924 g/mol. The number of benzene rings is 9. The maximum atomic E-state index is 5.24. The molecule has 0 aliphatic heterocycles. The summed E-state index contributed by atoms with van der Waals surface area (Å²) in [5.74, 6) is 1.80. The molecule has 6 nitrogen and oxygen atoms in total. The molecule has 72 heavy (non-hydrogen) atoms. The van der Waals surface area contributed by atoms with Gasteiger partial charge in [-0.25, -0.2) is 15.0 Å². The SMILES string of the molecule is Cc1cc(C)cc(-c2ccc3c(c2)c2ccccc2n3-c2ccnc(-c3cc(-c4nc(-c5ccccc5)nc(-c5ccccc5)n4)ccc3-n3c4ccccc4c4cc(-c5cc(C)cc(C)c5)ccc43)c2)c1. The Kier molecular flexibility index (Phi) is 10.3. The Morgan fingerprint density at radius 1 is 0.306 bits per heavy atom. The third kappa shape index (κ3) is 7.52. The van der Waals surface area contributed by atoms with Crippen LogP contribution in [0.4, 0.5) is 0 Å². The van der Waals surface area contributed by atoms with Gasteiger partial charge in [0.05, 0.1) is 33.4 Å². The van der Waals surface area contributed by atoms with Crippen LogP contribution in [0.5, 0.6) is 0 Å². The first-order chi connectivity index (χ1) is 35.3. The first-order valence-electron chi connectivity index (χ1n) is 24.5. The fourth-order valence-electron chi connectivity index (χ4n) is 10.8. The minimum atomic E-state index is 0.578. The predicted molar refractivity (Wildman–Crippen MR) is 298 cm³/mol. The van der Waals surface area contributed by atoms with Crippen LogP contribution in [0.15, 0.2) is 219 Å². The summed E-state index contributed by atoms with van der Waals surface area (Å²) in [6.45, 7) is 8.67. The number of hydrogen-bond acceptors (Lipinski definition) is 4. The molecule has 9 aromatic carbocycles. The zero-order chi connectivity index (χ0) is 48.5. The van der Waals surface area contributed by atoms with Crippen molar-refractivity contribution in [1.82, 2.24) is 29.1 Å². The maximum Gasteiger partial charge on any atom is 0.164 e. The van der Waals surface area contributed by atoms with Gasteiger partial charge in [-0.1, -0.05) is 168 Å². The molecule has 0 radical (unpaired) electrons. The van der Waals surface area contributed by atoms with Crippen LogP contribution in [0.25, 0.3) is 123 Å². The molecule has 0 saturated heterocycles. The Bertz CT molecular complexity index is 4160. The van der Waals surface area contributed by atoms with E-state index in [9.17, 15) is 0 Å². The second-order valence-electron chi connectivity index (χ2n) is 19.1. The summed E-state index contributed by atoms with van der Waals surface area (Å²) in [6.07, 6.45) is 1.94. The molecule has 13 aromatic rings. The molecule has 4 heterocycles. The van der Waals surface area contributed by atoms with E-state index >= 15 is 0 Å². The van der Waals surface area contributed by atoms with Gasteiger partial charge in [0.1, 0.15) is 0 Å². The molecule has 0 bridgehead atoms. The average molecular weight is 925 g/mol. The largest absolute Gasteiger partial charge is 0.309 e. The summed E-state index contributed by atoms with van der Waals surface area (Å²) in [7, 11) is 0. The molecular formula is C66H48N6. The molecule has 0 saturated carbocycles. The van der Waals surface area contributed by atoms with E-state index in [-0.39, 0.29) is 0 Å². The van der Waals surface area contributed by atoms with Gasteiger partial charge >= 0.3 is 0 Å². The standard InChI is InChI=1S/C66H48N6/c1-41-31-42(2)34-50(33-41)47-23-26-61-55(37-47)53-19-11-13-21-59(53)71(61)52-29-30-67-58(40-52)57-39-49(66-69-64(45-15-7-5-8-16-45)68-65(70-66)46-17-9-6-10-18-46)25-28-63(57)72-60-22-14-12-20-54(60)56-38-48(24-27-62(56)72)51-35-43(3)32-44(4)36-51/h5-40H,1-4H3. The highest BCUT2D eigenvalue weighted by molar-refractivity contribution is 6.12. The average Bonchev–Trinajstić information content (AvgIpc) is 3.93. The lowest BCUT2D eigenvalue weighted by atomic mass is 9.99. The van der Waals surface area contributed by atoms with Gasteiger partial charge < -0.3 is 9.13 Å². The first kappa shape index (κ1) is 42.8. The van der Waals surface area contributed by atoms with Gasteiger partial charge in [-0.2, -0.15) is 0 Å². The van der Waals surface area contributed by atoms with Crippen LogP contribution in [0, 0.1) is 27.7 Å². The lowest BCUT2D eigenvalue weighted by molar-refractivity contribution is 1.07. The Hall–Kier alpha value is -9.26. The number of para-hydroxylation sites is 2. The van der Waals surface area contributed by atoms with Crippen molar-refractivity contribution in [3.05, 3.63) is 241 Å². The van der Waals surface area contributed by atoms with Crippen molar-refractivity contribution in [2.24, 2.45) is 0 Å². The quantitative estimate of drug-likeness (QED) is 0.152. The van der Waals surface area contributed by atoms with Gasteiger partial charge in [0.15, 0.2) is 17.5 Å². The lowest BCUT2D eigenvalue weighted by Crippen LogP contribution is -2.03. The van der Waals surface area contributed by atoms with E-state index in [0.29, 0.717) is 17.5 Å². The summed E-state index contributed by atoms with van der Waals surface area (Å²) >= 11 is 0. The van der Waals surface area contributed by atoms with Gasteiger partial charge in [0.2, 0.25) is 0 Å². The minimum Gasteiger partial charge on any atom is -0.309 e. The van der Waals surface area contributed by atoms with Gasteiger partial charge in [-0.3, -0.25) is 4.98 Å². The van der Waals surface area contributed by atoms with E-state index in [4.69, 9.17) is 19.9 Å². The maximum absolute atomic E-state index is 5.24. The molecular weight excluding hydrogens is 877 g/mol. The van der Waals surface area contributed by atoms with E-state index in [1.165, 1.54) is 66.1 Å². The fourth-order valence-corrected chi connectivity index (χ4v) is 10.8. The molecule has 342 valence electrons. The van der Waals surface area contributed by atoms with Crippen molar-refractivity contribution in [2.75, 3.05) is 0 Å². The molecule has 0 amide bonds. The second kappa shape index (κ2) is 17.3. The Labute approximate surface area is 418 Å². The molecule has 0 aliphatic carbocycles. The van der Waals surface area contributed by atoms with Crippen molar-refractivity contribution >= 4 is 43.6 Å². The van der Waals surface area contributed by atoms with Gasteiger partial charge in [0.25, 0.3) is 0 Å². The van der Waals surface area contributed by atoms with E-state index in [1.807, 2.05) is 66.9 Å². The van der Waals surface area contributed by atoms with Crippen molar-refractivity contribution in [3.8, 4) is 79.0 Å². The zero-order valence-electron chi connectivity index (χ0n) is 40.5. The van der Waals surface area contributed by atoms with Crippen molar-refractivity contribution < 1.29 is 0 Å². The molecule has 4 aromatic heterocycles. The van der Waals surface area contributed by atoms with Gasteiger partial charge in [-0.15, -0.1) is 0 Å². The molecule has 6 heteroatoms. The van der Waals surface area contributed by atoms with E-state index < -0.39 is 0 Å². The van der Waals surface area contributed by atoms with E-state index in [0.717, 1.165) is 61.4 Å². The highest BCUT2D eigenvalue weighted by Crippen LogP contribution is 2.41. The number of fused-ring (bicyclic) bond motifs is 6.